The zero-order valence-electron chi connectivity index (χ0n) is 8.86. The number of fused-ring (bicyclic) bond motifs is 1. The van der Waals surface area contributed by atoms with Crippen molar-refractivity contribution in [3.8, 4) is 0 Å². The molecule has 2 N–H and O–H groups in total. The fourth-order valence-corrected chi connectivity index (χ4v) is 1.75. The smallest absolute Gasteiger partial charge is 0.361 e. The molecule has 0 aliphatic carbocycles. The summed E-state index contributed by atoms with van der Waals surface area (Å²) in [5.74, 6) is -0.527. The highest BCUT2D eigenvalue weighted by molar-refractivity contribution is 5.80. The van der Waals surface area contributed by atoms with E-state index in [-0.39, 0.29) is 25.5 Å². The molecule has 5 nitrogen and oxygen atoms in total. The van der Waals surface area contributed by atoms with Crippen LogP contribution in [0.25, 0.3) is 0 Å². The number of allylic oxidation sites excluding steroid dienone is 2. The molecule has 0 radical (unpaired) electrons. The predicted molar refractivity (Wildman–Crippen MR) is 53.6 cm³/mol. The van der Waals surface area contributed by atoms with E-state index in [0.717, 1.165) is 0 Å². The number of hydrogen-bond acceptors (Lipinski definition) is 5. The highest BCUT2D eigenvalue weighted by atomic mass is 19.1. The van der Waals surface area contributed by atoms with E-state index in [1.807, 2.05) is 0 Å². The molecular formula is C10H13FN2O3. The minimum absolute atomic E-state index is 0.0150. The van der Waals surface area contributed by atoms with Crippen molar-refractivity contribution in [2.24, 2.45) is 0 Å². The number of nitrogens with zero attached hydrogens (tertiary/aromatic N) is 1. The summed E-state index contributed by atoms with van der Waals surface area (Å²) in [6.07, 6.45) is 2.78. The number of rotatable bonds is 2. The molecule has 0 spiro atoms. The van der Waals surface area contributed by atoms with Crippen molar-refractivity contribution in [3.05, 3.63) is 23.8 Å². The number of esters is 1. The quantitative estimate of drug-likeness (QED) is 0.644. The molecule has 1 fully saturated rings. The first-order chi connectivity index (χ1) is 7.55. The van der Waals surface area contributed by atoms with Gasteiger partial charge in [-0.2, -0.15) is 0 Å². The summed E-state index contributed by atoms with van der Waals surface area (Å²) >= 11 is 0. The number of hydrogen-bond donors (Lipinski definition) is 2. The first kappa shape index (κ1) is 10.9. The van der Waals surface area contributed by atoms with Crippen LogP contribution >= 0.6 is 0 Å². The van der Waals surface area contributed by atoms with Gasteiger partial charge in [0, 0.05) is 0 Å². The fourth-order valence-electron chi connectivity index (χ4n) is 1.75. The second kappa shape index (κ2) is 3.79. The van der Waals surface area contributed by atoms with E-state index in [9.17, 15) is 14.3 Å². The van der Waals surface area contributed by atoms with E-state index in [4.69, 9.17) is 4.74 Å². The van der Waals surface area contributed by atoms with Gasteiger partial charge in [0.15, 0.2) is 0 Å². The van der Waals surface area contributed by atoms with Crippen molar-refractivity contribution in [2.75, 3.05) is 19.7 Å². The molecule has 2 heterocycles. The molecular weight excluding hydrogens is 215 g/mol. The summed E-state index contributed by atoms with van der Waals surface area (Å²) in [7, 11) is 0. The van der Waals surface area contributed by atoms with Gasteiger partial charge < -0.3 is 20.1 Å². The van der Waals surface area contributed by atoms with Crippen LogP contribution in [0.15, 0.2) is 23.8 Å². The molecule has 1 saturated heterocycles. The minimum Gasteiger partial charge on any atom is -0.462 e. The molecule has 1 unspecified atom stereocenters. The molecule has 88 valence electrons. The number of halogens is 1. The lowest BCUT2D eigenvalue weighted by atomic mass is 10.2. The van der Waals surface area contributed by atoms with Crippen LogP contribution in [-0.2, 0) is 9.53 Å². The number of nitrogens with one attached hydrogen (secondary N) is 1. The van der Waals surface area contributed by atoms with Gasteiger partial charge in [-0.3, -0.25) is 0 Å². The van der Waals surface area contributed by atoms with Crippen LogP contribution in [0.2, 0.25) is 0 Å². The Bertz CT molecular complexity index is 380. The summed E-state index contributed by atoms with van der Waals surface area (Å²) in [5.41, 5.74) is -1.78. The van der Waals surface area contributed by atoms with Crippen molar-refractivity contribution in [2.45, 2.75) is 12.6 Å². The van der Waals surface area contributed by atoms with Gasteiger partial charge in [-0.05, 0) is 19.1 Å². The second-order valence-electron chi connectivity index (χ2n) is 3.73. The SMILES string of the molecule is CCOC(=O)C1(O)CN2CC(F)=CC=C2N1. The zero-order valence-corrected chi connectivity index (χ0v) is 8.86. The monoisotopic (exact) mass is 228 g/mol. The van der Waals surface area contributed by atoms with Crippen LogP contribution in [0.3, 0.4) is 0 Å². The largest absolute Gasteiger partial charge is 0.462 e. The maximum Gasteiger partial charge on any atom is 0.361 e. The molecule has 0 saturated carbocycles. The second-order valence-corrected chi connectivity index (χ2v) is 3.73. The normalized spacial score (nSPS) is 27.8. The highest BCUT2D eigenvalue weighted by Crippen LogP contribution is 2.25. The first-order valence-corrected chi connectivity index (χ1v) is 5.04. The van der Waals surface area contributed by atoms with Crippen LogP contribution in [0.4, 0.5) is 4.39 Å². The Morgan fingerprint density at radius 1 is 1.75 bits per heavy atom. The number of carbonyl (C=O) groups excluding carboxylic acids is 1. The van der Waals surface area contributed by atoms with E-state index >= 15 is 0 Å². The van der Waals surface area contributed by atoms with Gasteiger partial charge in [0.05, 0.1) is 19.7 Å². The zero-order chi connectivity index (χ0) is 11.8. The fraction of sp³-hybridized carbons (Fsp3) is 0.500. The standard InChI is InChI=1S/C10H13FN2O3/c1-2-16-9(14)10(15)6-13-5-7(11)3-4-8(13)12-10/h3-4,12,15H,2,5-6H2,1H3. The van der Waals surface area contributed by atoms with Crippen LogP contribution in [0, 0.1) is 0 Å². The highest BCUT2D eigenvalue weighted by Gasteiger charge is 2.46. The van der Waals surface area contributed by atoms with E-state index in [2.05, 4.69) is 5.32 Å². The number of carbonyl (C=O) groups is 1. The summed E-state index contributed by atoms with van der Waals surface area (Å²) in [5, 5.41) is 12.6. The van der Waals surface area contributed by atoms with Gasteiger partial charge in [0.2, 0.25) is 0 Å². The maximum absolute atomic E-state index is 13.0. The average molecular weight is 228 g/mol. The van der Waals surface area contributed by atoms with Gasteiger partial charge in [0.1, 0.15) is 11.6 Å². The van der Waals surface area contributed by atoms with Gasteiger partial charge in [0.25, 0.3) is 5.72 Å². The van der Waals surface area contributed by atoms with Crippen molar-refractivity contribution in [3.63, 3.8) is 0 Å². The molecule has 2 rings (SSSR count). The third kappa shape index (κ3) is 1.76. The molecule has 2 aliphatic heterocycles. The van der Waals surface area contributed by atoms with Crippen LogP contribution < -0.4 is 5.32 Å². The molecule has 0 bridgehead atoms. The summed E-state index contributed by atoms with van der Waals surface area (Å²) < 4.78 is 17.7. The Labute approximate surface area is 92.2 Å². The lowest BCUT2D eigenvalue weighted by Gasteiger charge is -2.20. The van der Waals surface area contributed by atoms with E-state index in [1.54, 1.807) is 11.8 Å². The van der Waals surface area contributed by atoms with Crippen molar-refractivity contribution < 1.29 is 19.0 Å². The Balaban J connectivity index is 2.12. The van der Waals surface area contributed by atoms with Gasteiger partial charge in [-0.1, -0.05) is 0 Å². The molecule has 0 aromatic heterocycles. The molecule has 0 aromatic rings. The number of aliphatic hydroxyl groups is 1. The Morgan fingerprint density at radius 2 is 2.50 bits per heavy atom. The Hall–Kier alpha value is -1.56. The van der Waals surface area contributed by atoms with E-state index < -0.39 is 11.7 Å². The van der Waals surface area contributed by atoms with Crippen LogP contribution in [0.1, 0.15) is 6.92 Å². The molecule has 16 heavy (non-hydrogen) atoms. The Kier molecular flexibility index (Phi) is 2.59. The first-order valence-electron chi connectivity index (χ1n) is 5.04. The lowest BCUT2D eigenvalue weighted by molar-refractivity contribution is -0.165. The number of ether oxygens (including phenoxy) is 1. The van der Waals surface area contributed by atoms with Crippen molar-refractivity contribution in [1.29, 1.82) is 0 Å². The van der Waals surface area contributed by atoms with Crippen molar-refractivity contribution >= 4 is 5.97 Å². The van der Waals surface area contributed by atoms with E-state index in [1.165, 1.54) is 12.2 Å². The molecule has 0 amide bonds. The molecule has 6 heteroatoms. The third-order valence-corrected chi connectivity index (χ3v) is 2.47. The topological polar surface area (TPSA) is 61.8 Å². The Morgan fingerprint density at radius 3 is 3.19 bits per heavy atom. The van der Waals surface area contributed by atoms with Gasteiger partial charge >= 0.3 is 5.97 Å². The molecule has 2 aliphatic rings. The van der Waals surface area contributed by atoms with E-state index in [0.29, 0.717) is 5.82 Å². The van der Waals surface area contributed by atoms with Crippen LogP contribution in [0.5, 0.6) is 0 Å². The maximum atomic E-state index is 13.0. The summed E-state index contributed by atoms with van der Waals surface area (Å²) in [4.78, 5) is 13.0. The van der Waals surface area contributed by atoms with Gasteiger partial charge in [-0.15, -0.1) is 0 Å². The average Bonchev–Trinajstić information content (AvgIpc) is 2.55. The third-order valence-electron chi connectivity index (χ3n) is 2.47. The minimum atomic E-state index is -1.78. The van der Waals surface area contributed by atoms with Crippen molar-refractivity contribution in [1.82, 2.24) is 10.2 Å². The lowest BCUT2D eigenvalue weighted by Crippen LogP contribution is -2.51. The summed E-state index contributed by atoms with van der Waals surface area (Å²) in [6, 6.07) is 0. The van der Waals surface area contributed by atoms with Crippen LogP contribution in [-0.4, -0.2) is 41.4 Å². The summed E-state index contributed by atoms with van der Waals surface area (Å²) in [6.45, 7) is 1.89. The molecule has 0 aromatic carbocycles. The molecule has 1 atom stereocenters. The predicted octanol–water partition coefficient (Wildman–Crippen LogP) is -0.148. The van der Waals surface area contributed by atoms with Gasteiger partial charge in [-0.25, -0.2) is 9.18 Å².